The Balaban J connectivity index is -0.000000490. The zero-order valence-electron chi connectivity index (χ0n) is 19.4. The maximum atomic E-state index is 11.3. The van der Waals surface area contributed by atoms with Gasteiger partial charge in [-0.15, -0.1) is 0 Å². The van der Waals surface area contributed by atoms with Gasteiger partial charge in [-0.1, -0.05) is 38.2 Å². The molecule has 0 N–H and O–H groups in total. The molecule has 0 atom stereocenters. The Hall–Kier alpha value is -1.38. The Morgan fingerprint density at radius 3 is 1.26 bits per heavy atom. The Kier molecular flexibility index (Phi) is 25.7. The number of carboxylic acid groups (broad SMARTS) is 2. The van der Waals surface area contributed by atoms with Crippen LogP contribution in [-0.2, 0) is 19.2 Å². The molecule has 0 fully saturated rings. The van der Waals surface area contributed by atoms with Gasteiger partial charge in [-0.25, -0.2) is 0 Å². The van der Waals surface area contributed by atoms with Crippen molar-refractivity contribution in [1.82, 2.24) is 9.80 Å². The number of nitrogens with zero attached hydrogens (tertiary/aromatic N) is 2. The van der Waals surface area contributed by atoms with Gasteiger partial charge in [0.2, 0.25) is 11.8 Å². The van der Waals surface area contributed by atoms with Crippen LogP contribution in [0.25, 0.3) is 0 Å². The van der Waals surface area contributed by atoms with Gasteiger partial charge < -0.3 is 29.6 Å². The van der Waals surface area contributed by atoms with E-state index in [1.165, 1.54) is 23.9 Å². The van der Waals surface area contributed by atoms with Crippen molar-refractivity contribution in [1.29, 1.82) is 0 Å². The second-order valence-electron chi connectivity index (χ2n) is 6.79. The summed E-state index contributed by atoms with van der Waals surface area (Å²) in [6, 6.07) is 0. The first kappa shape index (κ1) is 34.2. The molecule has 0 aromatic carbocycles. The van der Waals surface area contributed by atoms with Crippen molar-refractivity contribution in [3.05, 3.63) is 24.3 Å². The van der Waals surface area contributed by atoms with Crippen molar-refractivity contribution >= 4 is 61.5 Å². The first-order chi connectivity index (χ1) is 14.1. The molecular weight excluding hydrogens is 428 g/mol. The number of amides is 2. The van der Waals surface area contributed by atoms with Gasteiger partial charge in [0.1, 0.15) is 0 Å². The summed E-state index contributed by atoms with van der Waals surface area (Å²) in [6.07, 6.45) is 14.2. The van der Waals surface area contributed by atoms with Crippen molar-refractivity contribution in [3.63, 3.8) is 0 Å². The summed E-state index contributed by atoms with van der Waals surface area (Å²) in [5.74, 6) is -2.75. The van der Waals surface area contributed by atoms with Crippen molar-refractivity contribution in [2.75, 3.05) is 27.2 Å². The fourth-order valence-corrected chi connectivity index (χ4v) is 2.26. The van der Waals surface area contributed by atoms with E-state index in [0.717, 1.165) is 38.5 Å². The fraction of sp³-hybridized carbons (Fsp3) is 0.636. The van der Waals surface area contributed by atoms with E-state index in [2.05, 4.69) is 26.0 Å². The fourth-order valence-electron chi connectivity index (χ4n) is 2.26. The molecule has 0 aromatic rings. The van der Waals surface area contributed by atoms with Gasteiger partial charge in [0.05, 0.1) is 25.0 Å². The van der Waals surface area contributed by atoms with E-state index in [4.69, 9.17) is 0 Å². The molecule has 0 aliphatic carbocycles. The Morgan fingerprint density at radius 1 is 0.677 bits per heavy atom. The molecule has 0 saturated carbocycles. The second-order valence-corrected chi connectivity index (χ2v) is 6.79. The van der Waals surface area contributed by atoms with Gasteiger partial charge in [-0.3, -0.25) is 9.59 Å². The van der Waals surface area contributed by atoms with Gasteiger partial charge in [0.15, 0.2) is 0 Å². The maximum Gasteiger partial charge on any atom is 2.00 e. The number of rotatable bonds is 14. The number of carbonyl (C=O) groups excluding carboxylic acids is 4. The molecule has 0 spiro atoms. The van der Waals surface area contributed by atoms with Gasteiger partial charge in [-0.05, 0) is 38.5 Å². The van der Waals surface area contributed by atoms with Crippen LogP contribution < -0.4 is 10.2 Å². The minimum absolute atomic E-state index is 0. The number of unbranched alkanes of at least 4 members (excludes halogenated alkanes) is 2. The molecule has 0 aromatic heterocycles. The number of likely N-dealkylation sites (N-methyl/N-ethyl adjacent to an activating group) is 2. The third kappa shape index (κ3) is 24.8. The van der Waals surface area contributed by atoms with Crippen LogP contribution in [0.3, 0.4) is 0 Å². The van der Waals surface area contributed by atoms with Crippen LogP contribution in [0.15, 0.2) is 24.3 Å². The zero-order chi connectivity index (χ0) is 23.4. The predicted molar refractivity (Wildman–Crippen MR) is 118 cm³/mol. The van der Waals surface area contributed by atoms with E-state index in [1.54, 1.807) is 0 Å². The summed E-state index contributed by atoms with van der Waals surface area (Å²) in [5.41, 5.74) is 0. The van der Waals surface area contributed by atoms with E-state index >= 15 is 0 Å². The van der Waals surface area contributed by atoms with Crippen molar-refractivity contribution in [2.45, 2.75) is 65.2 Å². The number of carbonyl (C=O) groups is 4. The van der Waals surface area contributed by atoms with Crippen LogP contribution >= 0.6 is 0 Å². The van der Waals surface area contributed by atoms with Gasteiger partial charge in [0, 0.05) is 26.9 Å². The van der Waals surface area contributed by atoms with Crippen molar-refractivity contribution < 1.29 is 29.4 Å². The molecule has 31 heavy (non-hydrogen) atoms. The number of aliphatic carboxylic acids is 2. The van der Waals surface area contributed by atoms with Gasteiger partial charge in [-0.2, -0.15) is 0 Å². The van der Waals surface area contributed by atoms with Crippen LogP contribution in [0.1, 0.15) is 65.2 Å². The van der Waals surface area contributed by atoms with E-state index < -0.39 is 11.9 Å². The molecule has 0 aliphatic heterocycles. The molecule has 9 heteroatoms. The molecule has 0 bridgehead atoms. The molecule has 0 unspecified atom stereocenters. The summed E-state index contributed by atoms with van der Waals surface area (Å²) < 4.78 is 0. The van der Waals surface area contributed by atoms with Crippen LogP contribution in [-0.4, -0.2) is 98.5 Å². The van der Waals surface area contributed by atoms with Crippen LogP contribution in [0.4, 0.5) is 0 Å². The second kappa shape index (κ2) is 23.3. The molecule has 0 saturated heterocycles. The molecular formula is C22H36CaN2O6. The van der Waals surface area contributed by atoms with E-state index in [0.29, 0.717) is 12.8 Å². The van der Waals surface area contributed by atoms with Crippen molar-refractivity contribution in [2.24, 2.45) is 0 Å². The Morgan fingerprint density at radius 2 is 1.00 bits per heavy atom. The average molecular weight is 465 g/mol. The maximum absolute atomic E-state index is 11.3. The molecule has 2 amide bonds. The summed E-state index contributed by atoms with van der Waals surface area (Å²) in [5, 5.41) is 20.4. The monoisotopic (exact) mass is 464 g/mol. The third-order valence-corrected chi connectivity index (χ3v) is 3.91. The summed E-state index contributed by atoms with van der Waals surface area (Å²) >= 11 is 0. The van der Waals surface area contributed by atoms with E-state index in [-0.39, 0.29) is 62.6 Å². The zero-order valence-corrected chi connectivity index (χ0v) is 21.6. The Bertz CT molecular complexity index is 528. The van der Waals surface area contributed by atoms with Gasteiger partial charge in [0.25, 0.3) is 0 Å². The summed E-state index contributed by atoms with van der Waals surface area (Å²) in [4.78, 5) is 45.4. The minimum Gasteiger partial charge on any atom is -0.548 e. The van der Waals surface area contributed by atoms with E-state index in [9.17, 15) is 29.4 Å². The summed E-state index contributed by atoms with van der Waals surface area (Å²) in [7, 11) is 2.94. The molecule has 0 heterocycles. The third-order valence-electron chi connectivity index (χ3n) is 3.91. The molecule has 172 valence electrons. The summed E-state index contributed by atoms with van der Waals surface area (Å²) in [6.45, 7) is 3.44. The molecule has 0 rings (SSSR count). The van der Waals surface area contributed by atoms with Gasteiger partial charge >= 0.3 is 37.7 Å². The molecule has 8 nitrogen and oxygen atoms in total. The number of allylic oxidation sites excluding steroid dienone is 4. The largest absolute Gasteiger partial charge is 2.00 e. The number of hydrogen-bond donors (Lipinski definition) is 0. The van der Waals surface area contributed by atoms with E-state index in [1.807, 2.05) is 12.2 Å². The smallest absolute Gasteiger partial charge is 0.548 e. The molecule has 0 aliphatic rings. The molecule has 0 radical (unpaired) electrons. The number of hydrogen-bond acceptors (Lipinski definition) is 6. The standard InChI is InChI=1S/2C11H19NO3.Ca/c2*1-3-4-5-6-7-8-10(13)12(2)9-11(14)15;/h2*4-5H,3,6-9H2,1-2H3,(H,14,15);/q;;+2/p-2/b2*5-4+;. The van der Waals surface area contributed by atoms with Crippen molar-refractivity contribution in [3.8, 4) is 0 Å². The topological polar surface area (TPSA) is 121 Å². The SMILES string of the molecule is CC/C=C/CCCC(=O)N(C)CC(=O)[O-].CC/C=C/CCCC(=O)N(C)CC(=O)[O-].[Ca+2]. The number of carboxylic acids is 2. The minimum atomic E-state index is -1.23. The van der Waals surface area contributed by atoms with Crippen LogP contribution in [0.5, 0.6) is 0 Å². The normalized spacial score (nSPS) is 10.2. The van der Waals surface area contributed by atoms with Crippen LogP contribution in [0.2, 0.25) is 0 Å². The first-order valence-corrected chi connectivity index (χ1v) is 10.3. The average Bonchev–Trinajstić information content (AvgIpc) is 2.66. The quantitative estimate of drug-likeness (QED) is 0.207. The van der Waals surface area contributed by atoms with Crippen LogP contribution in [0, 0.1) is 0 Å². The predicted octanol–water partition coefficient (Wildman–Crippen LogP) is 0.282. The first-order valence-electron chi connectivity index (χ1n) is 10.3. The Labute approximate surface area is 216 Å².